The number of thioether (sulfide) groups is 1. The van der Waals surface area contributed by atoms with Crippen LogP contribution in [0.25, 0.3) is 10.6 Å². The molecule has 1 heterocycles. The number of benzene rings is 2. The maximum Gasteiger partial charge on any atom is 0.218 e. The van der Waals surface area contributed by atoms with E-state index in [1.165, 1.54) is 5.56 Å². The molecule has 0 aliphatic heterocycles. The summed E-state index contributed by atoms with van der Waals surface area (Å²) < 4.78 is 1.75. The summed E-state index contributed by atoms with van der Waals surface area (Å²) in [6.07, 6.45) is 2.08. The van der Waals surface area contributed by atoms with Crippen molar-refractivity contribution in [3.8, 4) is 5.69 Å². The van der Waals surface area contributed by atoms with Crippen molar-refractivity contribution in [1.82, 2.24) is 25.1 Å². The highest BCUT2D eigenvalue weighted by molar-refractivity contribution is 8.08. The third kappa shape index (κ3) is 3.83. The van der Waals surface area contributed by atoms with Crippen LogP contribution in [0, 0.1) is 6.92 Å². The average Bonchev–Trinajstić information content (AvgIpc) is 3.03. The minimum atomic E-state index is 0.731. The van der Waals surface area contributed by atoms with Crippen LogP contribution >= 0.6 is 11.8 Å². The van der Waals surface area contributed by atoms with E-state index in [-0.39, 0.29) is 0 Å². The third-order valence-corrected chi connectivity index (χ3v) is 4.35. The molecular formula is C18H19N5S. The van der Waals surface area contributed by atoms with Gasteiger partial charge in [0.15, 0.2) is 0 Å². The van der Waals surface area contributed by atoms with Crippen molar-refractivity contribution in [2.45, 2.75) is 12.1 Å². The van der Waals surface area contributed by atoms with Crippen molar-refractivity contribution in [2.24, 2.45) is 0 Å². The fourth-order valence-electron chi connectivity index (χ4n) is 2.18. The van der Waals surface area contributed by atoms with Crippen molar-refractivity contribution >= 4 is 16.7 Å². The molecule has 24 heavy (non-hydrogen) atoms. The highest BCUT2D eigenvalue weighted by atomic mass is 32.2. The van der Waals surface area contributed by atoms with Crippen LogP contribution in [0.1, 0.15) is 11.1 Å². The molecule has 0 fully saturated rings. The van der Waals surface area contributed by atoms with Crippen LogP contribution in [0.15, 0.2) is 66.0 Å². The van der Waals surface area contributed by atoms with Crippen LogP contribution in [-0.2, 0) is 0 Å². The third-order valence-electron chi connectivity index (χ3n) is 3.35. The fourth-order valence-corrected chi connectivity index (χ4v) is 3.20. The number of hydrogen-bond donors (Lipinski definition) is 0. The van der Waals surface area contributed by atoms with Gasteiger partial charge in [-0.15, -0.1) is 5.10 Å². The van der Waals surface area contributed by atoms with Crippen LogP contribution in [0.2, 0.25) is 0 Å². The smallest absolute Gasteiger partial charge is 0.218 e. The Hall–Kier alpha value is -2.60. The zero-order chi connectivity index (χ0) is 16.9. The van der Waals surface area contributed by atoms with Gasteiger partial charge < -0.3 is 4.90 Å². The quantitative estimate of drug-likeness (QED) is 0.666. The molecule has 0 unspecified atom stereocenters. The Morgan fingerprint density at radius 2 is 1.75 bits per heavy atom. The molecule has 0 aliphatic carbocycles. The molecule has 6 heteroatoms. The minimum Gasteiger partial charge on any atom is -0.383 e. The lowest BCUT2D eigenvalue weighted by atomic mass is 10.1. The summed E-state index contributed by atoms with van der Waals surface area (Å²) >= 11 is 1.55. The first-order valence-corrected chi connectivity index (χ1v) is 8.42. The topological polar surface area (TPSA) is 46.8 Å². The molecule has 0 bridgehead atoms. The van der Waals surface area contributed by atoms with Gasteiger partial charge >= 0.3 is 0 Å². The van der Waals surface area contributed by atoms with Gasteiger partial charge in [0.05, 0.1) is 5.69 Å². The summed E-state index contributed by atoms with van der Waals surface area (Å²) in [5, 5.41) is 12.9. The van der Waals surface area contributed by atoms with Crippen molar-refractivity contribution in [3.63, 3.8) is 0 Å². The summed E-state index contributed by atoms with van der Waals surface area (Å²) in [4.78, 5) is 3.12. The zero-order valence-corrected chi connectivity index (χ0v) is 14.7. The maximum atomic E-state index is 4.19. The van der Waals surface area contributed by atoms with Crippen LogP contribution in [0.3, 0.4) is 0 Å². The standard InChI is InChI=1S/C18H19N5S/c1-14-9-11-15(12-10-14)17(13-22(2)3)24-18-19-20-21-23(18)16-7-5-4-6-8-16/h4-13H,1-3H3/b17-13-. The molecule has 0 saturated carbocycles. The van der Waals surface area contributed by atoms with Gasteiger partial charge in [-0.05, 0) is 46.8 Å². The maximum absolute atomic E-state index is 4.19. The summed E-state index contributed by atoms with van der Waals surface area (Å²) in [7, 11) is 4.02. The van der Waals surface area contributed by atoms with Crippen LogP contribution in [0.4, 0.5) is 0 Å². The van der Waals surface area contributed by atoms with Gasteiger partial charge in [-0.1, -0.05) is 48.0 Å². The number of aryl methyl sites for hydroxylation is 1. The lowest BCUT2D eigenvalue weighted by Crippen LogP contribution is -2.03. The Kier molecular flexibility index (Phi) is 4.96. The second-order valence-electron chi connectivity index (χ2n) is 5.63. The molecule has 0 spiro atoms. The zero-order valence-electron chi connectivity index (χ0n) is 13.9. The monoisotopic (exact) mass is 337 g/mol. The first kappa shape index (κ1) is 16.3. The normalized spacial score (nSPS) is 11.5. The van der Waals surface area contributed by atoms with E-state index in [2.05, 4.69) is 52.9 Å². The Morgan fingerprint density at radius 1 is 1.04 bits per heavy atom. The molecule has 0 amide bonds. The first-order valence-electron chi connectivity index (χ1n) is 7.60. The van der Waals surface area contributed by atoms with E-state index in [9.17, 15) is 0 Å². The first-order chi connectivity index (χ1) is 11.6. The van der Waals surface area contributed by atoms with Crippen molar-refractivity contribution < 1.29 is 0 Å². The number of aromatic nitrogens is 4. The molecule has 3 aromatic rings. The fraction of sp³-hybridized carbons (Fsp3) is 0.167. The summed E-state index contributed by atoms with van der Waals surface area (Å²) in [6, 6.07) is 18.4. The molecular weight excluding hydrogens is 318 g/mol. The number of nitrogens with zero attached hydrogens (tertiary/aromatic N) is 5. The summed E-state index contributed by atoms with van der Waals surface area (Å²) in [6.45, 7) is 2.09. The predicted octanol–water partition coefficient (Wildman–Crippen LogP) is 3.62. The van der Waals surface area contributed by atoms with E-state index in [0.717, 1.165) is 21.3 Å². The highest BCUT2D eigenvalue weighted by Gasteiger charge is 2.13. The van der Waals surface area contributed by atoms with Gasteiger partial charge in [0.2, 0.25) is 5.16 Å². The van der Waals surface area contributed by atoms with E-state index in [4.69, 9.17) is 0 Å². The molecule has 0 N–H and O–H groups in total. The van der Waals surface area contributed by atoms with Gasteiger partial charge in [0, 0.05) is 25.2 Å². The van der Waals surface area contributed by atoms with Crippen molar-refractivity contribution in [2.75, 3.05) is 14.1 Å². The molecule has 3 rings (SSSR count). The molecule has 0 radical (unpaired) electrons. The van der Waals surface area contributed by atoms with Gasteiger partial charge in [0.25, 0.3) is 0 Å². The molecule has 0 saturated heterocycles. The van der Waals surface area contributed by atoms with Gasteiger partial charge in [-0.2, -0.15) is 4.68 Å². The van der Waals surface area contributed by atoms with E-state index in [1.807, 2.05) is 49.3 Å². The molecule has 5 nitrogen and oxygen atoms in total. The lowest BCUT2D eigenvalue weighted by molar-refractivity contribution is 0.567. The molecule has 122 valence electrons. The lowest BCUT2D eigenvalue weighted by Gasteiger charge is -2.12. The Balaban J connectivity index is 1.95. The van der Waals surface area contributed by atoms with Crippen LogP contribution in [0.5, 0.6) is 0 Å². The Labute approximate surface area is 146 Å². The van der Waals surface area contributed by atoms with Crippen molar-refractivity contribution in [3.05, 3.63) is 71.9 Å². The second kappa shape index (κ2) is 7.31. The van der Waals surface area contributed by atoms with Crippen molar-refractivity contribution in [1.29, 1.82) is 0 Å². The Bertz CT molecular complexity index is 822. The molecule has 2 aromatic carbocycles. The number of rotatable bonds is 5. The number of hydrogen-bond acceptors (Lipinski definition) is 5. The number of tetrazole rings is 1. The van der Waals surface area contributed by atoms with E-state index >= 15 is 0 Å². The molecule has 1 aromatic heterocycles. The van der Waals surface area contributed by atoms with Gasteiger partial charge in [-0.25, -0.2) is 0 Å². The van der Waals surface area contributed by atoms with Crippen LogP contribution < -0.4 is 0 Å². The molecule has 0 aliphatic rings. The second-order valence-corrected chi connectivity index (χ2v) is 6.64. The van der Waals surface area contributed by atoms with Crippen LogP contribution in [-0.4, -0.2) is 39.2 Å². The summed E-state index contributed by atoms with van der Waals surface area (Å²) in [5.41, 5.74) is 3.32. The van der Waals surface area contributed by atoms with E-state index in [1.54, 1.807) is 16.4 Å². The largest absolute Gasteiger partial charge is 0.383 e. The minimum absolute atomic E-state index is 0.731. The van der Waals surface area contributed by atoms with E-state index < -0.39 is 0 Å². The predicted molar refractivity (Wildman–Crippen MR) is 97.9 cm³/mol. The Morgan fingerprint density at radius 3 is 2.42 bits per heavy atom. The van der Waals surface area contributed by atoms with E-state index in [0.29, 0.717) is 0 Å². The SMILES string of the molecule is Cc1ccc(/C(=C/N(C)C)Sc2nnnn2-c2ccccc2)cc1. The van der Waals surface area contributed by atoms with Gasteiger partial charge in [-0.3, -0.25) is 0 Å². The average molecular weight is 337 g/mol. The highest BCUT2D eigenvalue weighted by Crippen LogP contribution is 2.33. The number of para-hydroxylation sites is 1. The van der Waals surface area contributed by atoms with Gasteiger partial charge in [0.1, 0.15) is 0 Å². The molecule has 0 atom stereocenters. The summed E-state index contributed by atoms with van der Waals surface area (Å²) in [5.74, 6) is 0.